The molecule has 1 unspecified atom stereocenters. The van der Waals surface area contributed by atoms with E-state index in [2.05, 4.69) is 19.9 Å². The van der Waals surface area contributed by atoms with E-state index < -0.39 is 22.0 Å². The Morgan fingerprint density at radius 2 is 1.86 bits per heavy atom. The fourth-order valence-corrected chi connectivity index (χ4v) is 5.94. The van der Waals surface area contributed by atoms with Gasteiger partial charge in [0, 0.05) is 65.9 Å². The number of carbonyl (C=O) groups excluding carboxylic acids is 1. The number of rotatable bonds is 6. The molecule has 1 aliphatic heterocycles. The molecule has 3 aromatic heterocycles. The summed E-state index contributed by atoms with van der Waals surface area (Å²) in [5.41, 5.74) is 2.43. The Balaban J connectivity index is 1.40. The second-order valence-electron chi connectivity index (χ2n) is 8.36. The van der Waals surface area contributed by atoms with Crippen molar-refractivity contribution in [3.8, 4) is 11.1 Å². The van der Waals surface area contributed by atoms with Crippen molar-refractivity contribution in [3.63, 3.8) is 0 Å². The summed E-state index contributed by atoms with van der Waals surface area (Å²) in [5, 5.41) is 1.30. The van der Waals surface area contributed by atoms with E-state index in [9.17, 15) is 13.2 Å². The molecule has 0 radical (unpaired) electrons. The van der Waals surface area contributed by atoms with Gasteiger partial charge in [-0.1, -0.05) is 11.6 Å². The molecule has 1 aliphatic rings. The topological polar surface area (TPSA) is 121 Å². The van der Waals surface area contributed by atoms with E-state index in [-0.39, 0.29) is 24.5 Å². The molecule has 1 fully saturated rings. The highest BCUT2D eigenvalue weighted by Gasteiger charge is 2.37. The molecule has 1 N–H and O–H groups in total. The number of piperazine rings is 1. The third-order valence-corrected chi connectivity index (χ3v) is 8.18. The zero-order chi connectivity index (χ0) is 25.3. The maximum atomic E-state index is 13.5. The smallest absolute Gasteiger partial charge is 0.307 e. The Morgan fingerprint density at radius 3 is 2.58 bits per heavy atom. The summed E-state index contributed by atoms with van der Waals surface area (Å²) in [4.78, 5) is 30.0. The number of halogens is 1. The van der Waals surface area contributed by atoms with Crippen LogP contribution in [-0.2, 0) is 19.6 Å². The number of fused-ring (bicyclic) bond motifs is 1. The second kappa shape index (κ2) is 9.84. The van der Waals surface area contributed by atoms with E-state index in [0.29, 0.717) is 28.4 Å². The minimum absolute atomic E-state index is 0.0136. The van der Waals surface area contributed by atoms with Gasteiger partial charge in [-0.25, -0.2) is 18.4 Å². The van der Waals surface area contributed by atoms with Crippen molar-refractivity contribution in [3.05, 3.63) is 66.2 Å². The first-order valence-corrected chi connectivity index (χ1v) is 13.0. The summed E-state index contributed by atoms with van der Waals surface area (Å²) in [6.07, 6.45) is 6.77. The van der Waals surface area contributed by atoms with Crippen LogP contribution in [0.25, 0.3) is 22.0 Å². The summed E-state index contributed by atoms with van der Waals surface area (Å²) in [6, 6.07) is 9.92. The van der Waals surface area contributed by atoms with Gasteiger partial charge in [-0.15, -0.1) is 0 Å². The molecular weight excluding hydrogens is 504 g/mol. The lowest BCUT2D eigenvalue weighted by atomic mass is 10.1. The first-order chi connectivity index (χ1) is 17.3. The predicted molar refractivity (Wildman–Crippen MR) is 135 cm³/mol. The van der Waals surface area contributed by atoms with Crippen LogP contribution in [0.1, 0.15) is 6.42 Å². The number of esters is 1. The number of nitrogens with one attached hydrogen (secondary N) is 1. The molecule has 10 nitrogen and oxygen atoms in total. The van der Waals surface area contributed by atoms with Gasteiger partial charge in [-0.2, -0.15) is 4.31 Å². The quantitative estimate of drug-likeness (QED) is 0.380. The number of benzene rings is 1. The number of hydrogen-bond acceptors (Lipinski definition) is 8. The summed E-state index contributed by atoms with van der Waals surface area (Å²) in [5.74, 6) is -0.0306. The molecule has 4 aromatic rings. The van der Waals surface area contributed by atoms with Crippen molar-refractivity contribution in [2.75, 3.05) is 31.6 Å². The molecule has 0 spiro atoms. The molecule has 12 heteroatoms. The average Bonchev–Trinajstić information content (AvgIpc) is 3.33. The van der Waals surface area contributed by atoms with Crippen molar-refractivity contribution in [2.45, 2.75) is 17.5 Å². The molecule has 1 atom stereocenters. The van der Waals surface area contributed by atoms with Gasteiger partial charge in [0.2, 0.25) is 5.95 Å². The monoisotopic (exact) mass is 526 g/mol. The van der Waals surface area contributed by atoms with Crippen LogP contribution in [0.3, 0.4) is 0 Å². The van der Waals surface area contributed by atoms with E-state index in [0.717, 1.165) is 11.1 Å². The molecular formula is C24H23ClN6O4S. The number of methoxy groups -OCH3 is 1. The molecule has 0 aliphatic carbocycles. The summed E-state index contributed by atoms with van der Waals surface area (Å²) in [6.45, 7) is 0.580. The Bertz CT molecular complexity index is 1490. The average molecular weight is 527 g/mol. The largest absolute Gasteiger partial charge is 0.469 e. The number of aromatic amines is 1. The van der Waals surface area contributed by atoms with Crippen molar-refractivity contribution < 1.29 is 17.9 Å². The van der Waals surface area contributed by atoms with E-state index in [4.69, 9.17) is 16.3 Å². The van der Waals surface area contributed by atoms with E-state index in [1.54, 1.807) is 49.1 Å². The van der Waals surface area contributed by atoms with Crippen LogP contribution >= 0.6 is 11.6 Å². The van der Waals surface area contributed by atoms with Crippen molar-refractivity contribution in [1.29, 1.82) is 0 Å². The molecule has 186 valence electrons. The lowest BCUT2D eigenvalue weighted by Gasteiger charge is -2.40. The normalized spacial score (nSPS) is 16.8. The van der Waals surface area contributed by atoms with Crippen LogP contribution in [0.5, 0.6) is 0 Å². The Labute approximate surface area is 213 Å². The highest BCUT2D eigenvalue weighted by atomic mass is 35.5. The Hall–Kier alpha value is -3.54. The molecule has 4 heterocycles. The van der Waals surface area contributed by atoms with Crippen molar-refractivity contribution in [2.24, 2.45) is 0 Å². The molecule has 5 rings (SSSR count). The van der Waals surface area contributed by atoms with Gasteiger partial charge in [0.1, 0.15) is 5.03 Å². The number of carbonyl (C=O) groups is 1. The van der Waals surface area contributed by atoms with Gasteiger partial charge in [-0.3, -0.25) is 9.78 Å². The zero-order valence-corrected chi connectivity index (χ0v) is 20.9. The number of hydrogen-bond donors (Lipinski definition) is 1. The summed E-state index contributed by atoms with van der Waals surface area (Å²) < 4.78 is 33.2. The minimum atomic E-state index is -3.85. The first kappa shape index (κ1) is 24.2. The van der Waals surface area contributed by atoms with Gasteiger partial charge in [0.25, 0.3) is 10.0 Å². The fraction of sp³-hybridized carbons (Fsp3) is 0.250. The highest BCUT2D eigenvalue weighted by molar-refractivity contribution is 7.89. The second-order valence-corrected chi connectivity index (χ2v) is 10.7. The van der Waals surface area contributed by atoms with E-state index >= 15 is 0 Å². The van der Waals surface area contributed by atoms with Gasteiger partial charge in [0.05, 0.1) is 19.6 Å². The lowest BCUT2D eigenvalue weighted by molar-refractivity contribution is -0.141. The lowest BCUT2D eigenvalue weighted by Crippen LogP contribution is -2.56. The van der Waals surface area contributed by atoms with Gasteiger partial charge >= 0.3 is 5.97 Å². The number of pyridine rings is 1. The van der Waals surface area contributed by atoms with Crippen molar-refractivity contribution >= 4 is 44.4 Å². The van der Waals surface area contributed by atoms with Gasteiger partial charge in [0.15, 0.2) is 0 Å². The minimum Gasteiger partial charge on any atom is -0.469 e. The van der Waals surface area contributed by atoms with Crippen molar-refractivity contribution in [1.82, 2.24) is 24.2 Å². The summed E-state index contributed by atoms with van der Waals surface area (Å²) in [7, 11) is -2.55. The van der Waals surface area contributed by atoms with E-state index in [1.165, 1.54) is 11.4 Å². The van der Waals surface area contributed by atoms with Crippen LogP contribution in [-0.4, -0.2) is 71.4 Å². The number of H-pyrrole nitrogens is 1. The molecule has 0 saturated carbocycles. The highest BCUT2D eigenvalue weighted by Crippen LogP contribution is 2.28. The molecule has 1 aromatic carbocycles. The number of ether oxygens (including phenoxy) is 1. The zero-order valence-electron chi connectivity index (χ0n) is 19.3. The fourth-order valence-electron chi connectivity index (χ4n) is 4.28. The van der Waals surface area contributed by atoms with E-state index in [1.807, 2.05) is 17.0 Å². The standard InChI is InChI=1S/C24H23ClN6O4S/c1-35-23(32)12-20-15-30(36(33,34)22-11-17-10-19(25)2-3-21(17)29-22)8-9-31(20)24-27-13-18(14-28-24)16-4-6-26-7-5-16/h2-7,10-11,13-14,20,29H,8-9,12,15H2,1H3. The number of anilines is 1. The Kier molecular flexibility index (Phi) is 6.61. The molecule has 1 saturated heterocycles. The summed E-state index contributed by atoms with van der Waals surface area (Å²) >= 11 is 6.05. The van der Waals surface area contributed by atoms with Crippen LogP contribution in [0.15, 0.2) is 66.2 Å². The van der Waals surface area contributed by atoms with Crippen LogP contribution in [0, 0.1) is 0 Å². The van der Waals surface area contributed by atoms with Gasteiger partial charge in [-0.05, 0) is 42.0 Å². The third-order valence-electron chi connectivity index (χ3n) is 6.16. The third kappa shape index (κ3) is 4.77. The number of nitrogens with zero attached hydrogens (tertiary/aromatic N) is 5. The van der Waals surface area contributed by atoms with Crippen LogP contribution < -0.4 is 4.90 Å². The maximum absolute atomic E-state index is 13.5. The number of sulfonamides is 1. The van der Waals surface area contributed by atoms with Gasteiger partial charge < -0.3 is 14.6 Å². The van der Waals surface area contributed by atoms with Crippen LogP contribution in [0.2, 0.25) is 5.02 Å². The maximum Gasteiger partial charge on any atom is 0.307 e. The van der Waals surface area contributed by atoms with Crippen LogP contribution in [0.4, 0.5) is 5.95 Å². The predicted octanol–water partition coefficient (Wildman–Crippen LogP) is 3.12. The Morgan fingerprint density at radius 1 is 1.11 bits per heavy atom. The SMILES string of the molecule is COC(=O)CC1CN(S(=O)(=O)c2cc3cc(Cl)ccc3[nH]2)CCN1c1ncc(-c2ccncc2)cn1. The number of aromatic nitrogens is 4. The molecule has 0 bridgehead atoms. The molecule has 36 heavy (non-hydrogen) atoms. The molecule has 0 amide bonds. The first-order valence-electron chi connectivity index (χ1n) is 11.2.